The fourth-order valence-corrected chi connectivity index (χ4v) is 2.68. The quantitative estimate of drug-likeness (QED) is 0.758. The molecule has 5 nitrogen and oxygen atoms in total. The summed E-state index contributed by atoms with van der Waals surface area (Å²) >= 11 is 0. The lowest BCUT2D eigenvalue weighted by molar-refractivity contribution is -0.121. The SMILES string of the molecule is CC(C)(C)OC(=O)NCCC(=O)NCC(C1CC1)C1CC1. The van der Waals surface area contributed by atoms with E-state index in [0.717, 1.165) is 18.4 Å². The topological polar surface area (TPSA) is 67.4 Å². The summed E-state index contributed by atoms with van der Waals surface area (Å²) in [6, 6.07) is 0. The molecule has 2 amide bonds. The first-order chi connectivity index (χ1) is 9.85. The Hall–Kier alpha value is -1.26. The molecule has 0 atom stereocenters. The zero-order chi connectivity index (χ0) is 15.5. The van der Waals surface area contributed by atoms with Crippen LogP contribution in [-0.2, 0) is 9.53 Å². The Bertz CT molecular complexity index is 369. The smallest absolute Gasteiger partial charge is 0.407 e. The van der Waals surface area contributed by atoms with Gasteiger partial charge in [0.05, 0.1) is 0 Å². The predicted molar refractivity (Wildman–Crippen MR) is 80.8 cm³/mol. The molecule has 0 radical (unpaired) electrons. The van der Waals surface area contributed by atoms with Gasteiger partial charge in [-0.05, 0) is 64.2 Å². The van der Waals surface area contributed by atoms with Gasteiger partial charge >= 0.3 is 6.09 Å². The summed E-state index contributed by atoms with van der Waals surface area (Å²) < 4.78 is 5.12. The number of amides is 2. The van der Waals surface area contributed by atoms with E-state index in [-0.39, 0.29) is 5.91 Å². The molecule has 0 spiro atoms. The number of hydrogen-bond donors (Lipinski definition) is 2. The predicted octanol–water partition coefficient (Wildman–Crippen LogP) is 2.45. The molecule has 2 saturated carbocycles. The van der Waals surface area contributed by atoms with E-state index in [9.17, 15) is 9.59 Å². The van der Waals surface area contributed by atoms with Crippen LogP contribution >= 0.6 is 0 Å². The third kappa shape index (κ3) is 6.36. The van der Waals surface area contributed by atoms with Crippen molar-refractivity contribution in [2.24, 2.45) is 17.8 Å². The monoisotopic (exact) mass is 296 g/mol. The van der Waals surface area contributed by atoms with Gasteiger partial charge < -0.3 is 15.4 Å². The zero-order valence-corrected chi connectivity index (χ0v) is 13.4. The van der Waals surface area contributed by atoms with Gasteiger partial charge in [0.25, 0.3) is 0 Å². The maximum Gasteiger partial charge on any atom is 0.407 e. The first kappa shape index (κ1) is 16.1. The lowest BCUT2D eigenvalue weighted by atomic mass is 9.98. The summed E-state index contributed by atoms with van der Waals surface area (Å²) in [7, 11) is 0. The van der Waals surface area contributed by atoms with E-state index >= 15 is 0 Å². The maximum atomic E-state index is 11.8. The third-order valence-electron chi connectivity index (χ3n) is 4.01. The lowest BCUT2D eigenvalue weighted by Gasteiger charge is -2.19. The summed E-state index contributed by atoms with van der Waals surface area (Å²) in [4.78, 5) is 23.2. The minimum atomic E-state index is -0.506. The van der Waals surface area contributed by atoms with Gasteiger partial charge in [-0.25, -0.2) is 4.79 Å². The summed E-state index contributed by atoms with van der Waals surface area (Å²) in [5.74, 6) is 2.39. The Morgan fingerprint density at radius 3 is 2.14 bits per heavy atom. The average Bonchev–Trinajstić information content (AvgIpc) is 3.21. The second-order valence-corrected chi connectivity index (χ2v) is 7.32. The molecule has 21 heavy (non-hydrogen) atoms. The Labute approximate surface area is 127 Å². The first-order valence-electron chi connectivity index (χ1n) is 8.09. The normalized spacial score (nSPS) is 18.5. The molecule has 2 rings (SSSR count). The lowest BCUT2D eigenvalue weighted by Crippen LogP contribution is -2.36. The van der Waals surface area contributed by atoms with Crippen LogP contribution < -0.4 is 10.6 Å². The van der Waals surface area contributed by atoms with Gasteiger partial charge in [0.2, 0.25) is 5.91 Å². The van der Waals surface area contributed by atoms with E-state index in [4.69, 9.17) is 4.74 Å². The molecule has 0 bridgehead atoms. The number of alkyl carbamates (subject to hydrolysis) is 1. The largest absolute Gasteiger partial charge is 0.444 e. The second kappa shape index (κ2) is 6.67. The van der Waals surface area contributed by atoms with Crippen LogP contribution in [0.1, 0.15) is 52.9 Å². The minimum Gasteiger partial charge on any atom is -0.444 e. The van der Waals surface area contributed by atoms with Crippen molar-refractivity contribution in [1.82, 2.24) is 10.6 Å². The minimum absolute atomic E-state index is 0.0114. The molecule has 0 heterocycles. The highest BCUT2D eigenvalue weighted by atomic mass is 16.6. The van der Waals surface area contributed by atoms with Crippen LogP contribution in [0.2, 0.25) is 0 Å². The Kier molecular flexibility index (Phi) is 5.12. The molecular weight excluding hydrogens is 268 g/mol. The molecule has 2 N–H and O–H groups in total. The standard InChI is InChI=1S/C16H28N2O3/c1-16(2,3)21-15(20)17-9-8-14(19)18-10-13(11-4-5-11)12-6-7-12/h11-13H,4-10H2,1-3H3,(H,17,20)(H,18,19). The average molecular weight is 296 g/mol. The number of nitrogens with one attached hydrogen (secondary N) is 2. The van der Waals surface area contributed by atoms with Crippen LogP contribution in [0.3, 0.4) is 0 Å². The van der Waals surface area contributed by atoms with Crippen LogP contribution in [0.15, 0.2) is 0 Å². The summed E-state index contributed by atoms with van der Waals surface area (Å²) in [6.07, 6.45) is 5.16. The highest BCUT2D eigenvalue weighted by Gasteiger charge is 2.41. The summed E-state index contributed by atoms with van der Waals surface area (Å²) in [5, 5.41) is 5.62. The molecule has 0 saturated heterocycles. The van der Waals surface area contributed by atoms with Crippen molar-refractivity contribution in [3.8, 4) is 0 Å². The zero-order valence-electron chi connectivity index (χ0n) is 13.4. The van der Waals surface area contributed by atoms with E-state index in [1.165, 1.54) is 25.7 Å². The van der Waals surface area contributed by atoms with E-state index in [0.29, 0.717) is 18.9 Å². The van der Waals surface area contributed by atoms with Crippen LogP contribution in [0.4, 0.5) is 4.79 Å². The van der Waals surface area contributed by atoms with Crippen LogP contribution in [0.5, 0.6) is 0 Å². The van der Waals surface area contributed by atoms with E-state index < -0.39 is 11.7 Å². The third-order valence-corrected chi connectivity index (χ3v) is 4.01. The van der Waals surface area contributed by atoms with Crippen molar-refractivity contribution in [3.05, 3.63) is 0 Å². The van der Waals surface area contributed by atoms with Gasteiger partial charge in [-0.2, -0.15) is 0 Å². The molecular formula is C16H28N2O3. The van der Waals surface area contributed by atoms with Crippen molar-refractivity contribution in [1.29, 1.82) is 0 Å². The van der Waals surface area contributed by atoms with E-state index in [2.05, 4.69) is 10.6 Å². The number of carbonyl (C=O) groups is 2. The fraction of sp³-hybridized carbons (Fsp3) is 0.875. The number of rotatable bonds is 7. The highest BCUT2D eigenvalue weighted by molar-refractivity contribution is 5.77. The maximum absolute atomic E-state index is 11.8. The molecule has 0 aromatic heterocycles. The van der Waals surface area contributed by atoms with Gasteiger partial charge in [0, 0.05) is 19.5 Å². The van der Waals surface area contributed by atoms with Crippen molar-refractivity contribution < 1.29 is 14.3 Å². The van der Waals surface area contributed by atoms with Crippen molar-refractivity contribution in [3.63, 3.8) is 0 Å². The summed E-state index contributed by atoms with van der Waals surface area (Å²) in [6.45, 7) is 6.57. The molecule has 2 fully saturated rings. The van der Waals surface area contributed by atoms with Crippen molar-refractivity contribution in [2.75, 3.05) is 13.1 Å². The number of hydrogen-bond acceptors (Lipinski definition) is 3. The highest BCUT2D eigenvalue weighted by Crippen LogP contribution is 2.48. The van der Waals surface area contributed by atoms with Gasteiger partial charge in [0.15, 0.2) is 0 Å². The molecule has 0 aliphatic heterocycles. The van der Waals surface area contributed by atoms with Gasteiger partial charge in [-0.1, -0.05) is 0 Å². The van der Waals surface area contributed by atoms with Gasteiger partial charge in [0.1, 0.15) is 5.60 Å². The first-order valence-corrected chi connectivity index (χ1v) is 8.09. The molecule has 2 aliphatic rings. The Morgan fingerprint density at radius 1 is 1.10 bits per heavy atom. The van der Waals surface area contributed by atoms with Gasteiger partial charge in [-0.3, -0.25) is 4.79 Å². The molecule has 2 aliphatic carbocycles. The van der Waals surface area contributed by atoms with E-state index in [1.54, 1.807) is 0 Å². The second-order valence-electron chi connectivity index (χ2n) is 7.32. The molecule has 0 aromatic rings. The van der Waals surface area contributed by atoms with Gasteiger partial charge in [-0.15, -0.1) is 0 Å². The molecule has 120 valence electrons. The molecule has 0 unspecified atom stereocenters. The van der Waals surface area contributed by atoms with Crippen LogP contribution in [-0.4, -0.2) is 30.7 Å². The molecule has 0 aromatic carbocycles. The summed E-state index contributed by atoms with van der Waals surface area (Å²) in [5.41, 5.74) is -0.506. The van der Waals surface area contributed by atoms with Crippen LogP contribution in [0.25, 0.3) is 0 Å². The Balaban J connectivity index is 1.56. The number of carbonyl (C=O) groups excluding carboxylic acids is 2. The van der Waals surface area contributed by atoms with Crippen molar-refractivity contribution >= 4 is 12.0 Å². The molecule has 5 heteroatoms. The van der Waals surface area contributed by atoms with Crippen molar-refractivity contribution in [2.45, 2.75) is 58.5 Å². The Morgan fingerprint density at radius 2 is 1.67 bits per heavy atom. The van der Waals surface area contributed by atoms with E-state index in [1.807, 2.05) is 20.8 Å². The van der Waals surface area contributed by atoms with Crippen LogP contribution in [0, 0.1) is 17.8 Å². The fourth-order valence-electron chi connectivity index (χ4n) is 2.68. The number of ether oxygens (including phenoxy) is 1.